The molecule has 0 spiro atoms. The lowest BCUT2D eigenvalue weighted by molar-refractivity contribution is -0.175. The summed E-state index contributed by atoms with van der Waals surface area (Å²) in [6, 6.07) is 0. The number of fused-ring (bicyclic) bond motifs is 1. The van der Waals surface area contributed by atoms with Gasteiger partial charge in [-0.2, -0.15) is 0 Å². The summed E-state index contributed by atoms with van der Waals surface area (Å²) in [5.41, 5.74) is 0. The predicted molar refractivity (Wildman–Crippen MR) is 44.2 cm³/mol. The Balaban J connectivity index is 2.03. The Hall–Kier alpha value is -0.450. The van der Waals surface area contributed by atoms with Crippen molar-refractivity contribution in [3.8, 4) is 0 Å². The summed E-state index contributed by atoms with van der Waals surface area (Å²) in [7, 11) is 0. The van der Waals surface area contributed by atoms with E-state index in [4.69, 9.17) is 14.2 Å². The van der Waals surface area contributed by atoms with E-state index in [1.807, 2.05) is 13.8 Å². The van der Waals surface area contributed by atoms with Gasteiger partial charge in [0, 0.05) is 6.42 Å². The number of ether oxygens (including phenoxy) is 3. The minimum atomic E-state index is -0.528. The van der Waals surface area contributed by atoms with Gasteiger partial charge in [0.05, 0.1) is 12.7 Å². The van der Waals surface area contributed by atoms with Crippen LogP contribution in [0, 0.1) is 0 Å². The first-order valence-corrected chi connectivity index (χ1v) is 4.53. The lowest BCUT2D eigenvalue weighted by atomic mass is 10.1. The zero-order valence-electron chi connectivity index (χ0n) is 7.86. The zero-order chi connectivity index (χ0) is 9.47. The van der Waals surface area contributed by atoms with Crippen molar-refractivity contribution in [3.05, 3.63) is 0 Å². The van der Waals surface area contributed by atoms with Crippen LogP contribution in [0.3, 0.4) is 0 Å². The lowest BCUT2D eigenvalue weighted by Gasteiger charge is -2.20. The average molecular weight is 186 g/mol. The van der Waals surface area contributed by atoms with Crippen LogP contribution >= 0.6 is 0 Å². The lowest BCUT2D eigenvalue weighted by Crippen LogP contribution is -2.29. The summed E-state index contributed by atoms with van der Waals surface area (Å²) in [5.74, 6) is -0.528. The van der Waals surface area contributed by atoms with Crippen LogP contribution < -0.4 is 0 Å². The van der Waals surface area contributed by atoms with Gasteiger partial charge in [0.15, 0.2) is 5.79 Å². The normalized spacial score (nSPS) is 41.8. The molecule has 2 aliphatic rings. The standard InChI is InChI=1S/C9H14O4/c1-9(2)12-7-5-11-6(3-4-10)8(7)13-9/h4,6-8H,3,5H2,1-2H3. The Bertz CT molecular complexity index is 214. The van der Waals surface area contributed by atoms with Gasteiger partial charge < -0.3 is 19.0 Å². The molecule has 2 rings (SSSR count). The molecule has 0 aromatic rings. The predicted octanol–water partition coefficient (Wildman–Crippen LogP) is 0.494. The van der Waals surface area contributed by atoms with Gasteiger partial charge in [-0.05, 0) is 13.8 Å². The highest BCUT2D eigenvalue weighted by Gasteiger charge is 2.49. The van der Waals surface area contributed by atoms with E-state index in [-0.39, 0.29) is 18.3 Å². The molecule has 13 heavy (non-hydrogen) atoms. The van der Waals surface area contributed by atoms with Crippen LogP contribution in [0.1, 0.15) is 20.3 Å². The highest BCUT2D eigenvalue weighted by atomic mass is 16.8. The summed E-state index contributed by atoms with van der Waals surface area (Å²) in [6.45, 7) is 4.29. The highest BCUT2D eigenvalue weighted by Crippen LogP contribution is 2.35. The summed E-state index contributed by atoms with van der Waals surface area (Å²) < 4.78 is 16.6. The van der Waals surface area contributed by atoms with Crippen LogP contribution in [0.2, 0.25) is 0 Å². The number of hydrogen-bond acceptors (Lipinski definition) is 4. The zero-order valence-corrected chi connectivity index (χ0v) is 7.86. The van der Waals surface area contributed by atoms with E-state index in [0.717, 1.165) is 6.29 Å². The number of aldehydes is 1. The van der Waals surface area contributed by atoms with Gasteiger partial charge in [-0.3, -0.25) is 0 Å². The molecule has 0 saturated carbocycles. The van der Waals surface area contributed by atoms with E-state index in [2.05, 4.69) is 0 Å². The van der Waals surface area contributed by atoms with Gasteiger partial charge in [0.25, 0.3) is 0 Å². The first-order chi connectivity index (χ1) is 6.12. The van der Waals surface area contributed by atoms with E-state index in [0.29, 0.717) is 13.0 Å². The molecule has 2 fully saturated rings. The smallest absolute Gasteiger partial charge is 0.164 e. The van der Waals surface area contributed by atoms with Crippen LogP contribution in [-0.2, 0) is 19.0 Å². The van der Waals surface area contributed by atoms with Gasteiger partial charge in [0.1, 0.15) is 18.5 Å². The maximum Gasteiger partial charge on any atom is 0.164 e. The molecule has 4 heteroatoms. The van der Waals surface area contributed by atoms with E-state index in [9.17, 15) is 4.79 Å². The Morgan fingerprint density at radius 3 is 2.92 bits per heavy atom. The van der Waals surface area contributed by atoms with Gasteiger partial charge in [-0.25, -0.2) is 0 Å². The van der Waals surface area contributed by atoms with Gasteiger partial charge in [-0.15, -0.1) is 0 Å². The van der Waals surface area contributed by atoms with E-state index >= 15 is 0 Å². The summed E-state index contributed by atoms with van der Waals surface area (Å²) in [4.78, 5) is 10.3. The Morgan fingerprint density at radius 2 is 2.23 bits per heavy atom. The molecule has 0 N–H and O–H groups in total. The van der Waals surface area contributed by atoms with E-state index < -0.39 is 5.79 Å². The summed E-state index contributed by atoms with van der Waals surface area (Å²) in [6.07, 6.45) is 1.06. The molecular weight excluding hydrogens is 172 g/mol. The second kappa shape index (κ2) is 3.04. The number of rotatable bonds is 2. The van der Waals surface area contributed by atoms with Gasteiger partial charge in [0.2, 0.25) is 0 Å². The fraction of sp³-hybridized carbons (Fsp3) is 0.889. The first kappa shape index (κ1) is 9.12. The van der Waals surface area contributed by atoms with Crippen molar-refractivity contribution in [1.82, 2.24) is 0 Å². The highest BCUT2D eigenvalue weighted by molar-refractivity contribution is 5.50. The largest absolute Gasteiger partial charge is 0.372 e. The van der Waals surface area contributed by atoms with Crippen molar-refractivity contribution < 1.29 is 19.0 Å². The topological polar surface area (TPSA) is 44.8 Å². The molecule has 0 aliphatic carbocycles. The third-order valence-corrected chi connectivity index (χ3v) is 2.39. The molecule has 2 heterocycles. The molecule has 2 saturated heterocycles. The maximum absolute atomic E-state index is 10.3. The van der Waals surface area contributed by atoms with Crippen molar-refractivity contribution in [2.45, 2.75) is 44.4 Å². The minimum absolute atomic E-state index is 0.0000463. The third kappa shape index (κ3) is 1.61. The molecule has 0 aromatic carbocycles. The fourth-order valence-electron chi connectivity index (χ4n) is 1.92. The quantitative estimate of drug-likeness (QED) is 0.589. The maximum atomic E-state index is 10.3. The molecule has 0 aromatic heterocycles. The molecule has 3 unspecified atom stereocenters. The Kier molecular flexibility index (Phi) is 2.14. The van der Waals surface area contributed by atoms with E-state index in [1.54, 1.807) is 0 Å². The Morgan fingerprint density at radius 1 is 1.46 bits per heavy atom. The molecule has 0 bridgehead atoms. The molecule has 0 radical (unpaired) electrons. The molecule has 0 amide bonds. The van der Waals surface area contributed by atoms with Crippen molar-refractivity contribution >= 4 is 6.29 Å². The van der Waals surface area contributed by atoms with Crippen molar-refractivity contribution in [2.75, 3.05) is 6.61 Å². The average Bonchev–Trinajstić information content (AvgIpc) is 2.48. The molecule has 74 valence electrons. The van der Waals surface area contributed by atoms with Crippen LogP contribution in [0.15, 0.2) is 0 Å². The van der Waals surface area contributed by atoms with Crippen molar-refractivity contribution in [2.24, 2.45) is 0 Å². The Labute approximate surface area is 77.1 Å². The third-order valence-electron chi connectivity index (χ3n) is 2.39. The monoisotopic (exact) mass is 186 g/mol. The molecule has 4 nitrogen and oxygen atoms in total. The minimum Gasteiger partial charge on any atom is -0.372 e. The second-order valence-corrected chi connectivity index (χ2v) is 3.91. The summed E-state index contributed by atoms with van der Waals surface area (Å²) in [5, 5.41) is 0. The molecule has 3 atom stereocenters. The van der Waals surface area contributed by atoms with Crippen LogP contribution in [0.5, 0.6) is 0 Å². The van der Waals surface area contributed by atoms with Crippen LogP contribution in [-0.4, -0.2) is 37.0 Å². The summed E-state index contributed by atoms with van der Waals surface area (Å²) >= 11 is 0. The van der Waals surface area contributed by atoms with Crippen molar-refractivity contribution in [1.29, 1.82) is 0 Å². The number of carbonyl (C=O) groups excluding carboxylic acids is 1. The van der Waals surface area contributed by atoms with Crippen LogP contribution in [0.4, 0.5) is 0 Å². The van der Waals surface area contributed by atoms with Gasteiger partial charge in [-0.1, -0.05) is 0 Å². The van der Waals surface area contributed by atoms with Crippen molar-refractivity contribution in [3.63, 3.8) is 0 Å². The van der Waals surface area contributed by atoms with Gasteiger partial charge >= 0.3 is 0 Å². The molecular formula is C9H14O4. The SMILES string of the molecule is CC1(C)OC2COC(CC=O)C2O1. The second-order valence-electron chi connectivity index (χ2n) is 3.91. The first-order valence-electron chi connectivity index (χ1n) is 4.53. The number of carbonyl (C=O) groups is 1. The van der Waals surface area contributed by atoms with E-state index in [1.165, 1.54) is 0 Å². The number of hydrogen-bond donors (Lipinski definition) is 0. The molecule has 2 aliphatic heterocycles. The van der Waals surface area contributed by atoms with Crippen LogP contribution in [0.25, 0.3) is 0 Å². The fourth-order valence-corrected chi connectivity index (χ4v) is 1.92.